The highest BCUT2D eigenvalue weighted by atomic mass is 16.3. The van der Waals surface area contributed by atoms with Gasteiger partial charge in [-0.3, -0.25) is 9.59 Å². The summed E-state index contributed by atoms with van der Waals surface area (Å²) in [5.74, 6) is -0.416. The van der Waals surface area contributed by atoms with Crippen molar-refractivity contribution in [2.75, 3.05) is 7.05 Å². The number of carbonyl (C=O) groups excluding carboxylic acids is 2. The summed E-state index contributed by atoms with van der Waals surface area (Å²) in [6.45, 7) is 6.90. The molecule has 2 aliphatic rings. The lowest BCUT2D eigenvalue weighted by Gasteiger charge is -2.56. The van der Waals surface area contributed by atoms with Crippen LogP contribution in [-0.2, 0) is 11.3 Å². The number of nitrogens with zero attached hydrogens (tertiary/aromatic N) is 2. The number of amides is 2. The third kappa shape index (κ3) is 5.57. The highest BCUT2D eigenvalue weighted by Crippen LogP contribution is 2.55. The second-order valence-corrected chi connectivity index (χ2v) is 11.5. The molecular formula is C31H39N3O3. The maximum absolute atomic E-state index is 13.4. The zero-order chi connectivity index (χ0) is 26.7. The van der Waals surface area contributed by atoms with Crippen molar-refractivity contribution >= 4 is 11.8 Å². The van der Waals surface area contributed by atoms with Crippen LogP contribution < -0.4 is 5.32 Å². The molecule has 2 saturated carbocycles. The molecule has 0 heterocycles. The summed E-state index contributed by atoms with van der Waals surface area (Å²) in [4.78, 5) is 28.1. The van der Waals surface area contributed by atoms with E-state index in [2.05, 4.69) is 25.2 Å². The van der Waals surface area contributed by atoms with Gasteiger partial charge >= 0.3 is 0 Å². The number of fused-ring (bicyclic) bond motifs is 1. The van der Waals surface area contributed by atoms with E-state index in [4.69, 9.17) is 5.26 Å². The summed E-state index contributed by atoms with van der Waals surface area (Å²) < 4.78 is 0. The smallest absolute Gasteiger partial charge is 0.251 e. The number of nitriles is 1. The first-order chi connectivity index (χ1) is 17.6. The van der Waals surface area contributed by atoms with E-state index in [1.54, 1.807) is 29.2 Å². The molecule has 2 aromatic carbocycles. The molecule has 0 spiro atoms. The van der Waals surface area contributed by atoms with Gasteiger partial charge < -0.3 is 15.3 Å². The molecule has 1 unspecified atom stereocenters. The van der Waals surface area contributed by atoms with Gasteiger partial charge in [0, 0.05) is 31.1 Å². The van der Waals surface area contributed by atoms with E-state index in [0.29, 0.717) is 17.7 Å². The molecule has 7 atom stereocenters. The molecule has 196 valence electrons. The molecule has 0 aliphatic heterocycles. The largest absolute Gasteiger partial charge is 0.392 e. The lowest BCUT2D eigenvalue weighted by molar-refractivity contribution is -0.149. The molecule has 2 aliphatic carbocycles. The monoisotopic (exact) mass is 501 g/mol. The SMILES string of the molecule is C[C@H]1[C@@H]2[C@@H](O)C([C@H](C)C(=O)N(C)Cc3ccccc3)CC[C@@]2(C)CC[C@@H]1NC(=O)c1ccc(C#N)cc1. The highest BCUT2D eigenvalue weighted by molar-refractivity contribution is 5.94. The summed E-state index contributed by atoms with van der Waals surface area (Å²) in [5, 5.41) is 23.9. The van der Waals surface area contributed by atoms with E-state index in [0.717, 1.165) is 31.2 Å². The second-order valence-electron chi connectivity index (χ2n) is 11.5. The van der Waals surface area contributed by atoms with E-state index < -0.39 is 6.10 Å². The van der Waals surface area contributed by atoms with Crippen LogP contribution in [0.2, 0.25) is 0 Å². The number of carbonyl (C=O) groups is 2. The van der Waals surface area contributed by atoms with Crippen molar-refractivity contribution in [1.29, 1.82) is 5.26 Å². The topological polar surface area (TPSA) is 93.4 Å². The lowest BCUT2D eigenvalue weighted by Crippen LogP contribution is -2.58. The van der Waals surface area contributed by atoms with Crippen molar-refractivity contribution in [2.45, 2.75) is 65.1 Å². The first kappa shape index (κ1) is 26.9. The van der Waals surface area contributed by atoms with Crippen LogP contribution in [0.5, 0.6) is 0 Å². The third-order valence-corrected chi connectivity index (χ3v) is 9.15. The van der Waals surface area contributed by atoms with E-state index in [1.165, 1.54) is 0 Å². The van der Waals surface area contributed by atoms with Gasteiger partial charge in [0.25, 0.3) is 5.91 Å². The summed E-state index contributed by atoms with van der Waals surface area (Å²) in [6.07, 6.45) is 2.99. The molecule has 6 heteroatoms. The number of aliphatic hydroxyl groups is 1. The van der Waals surface area contributed by atoms with Gasteiger partial charge in [0.1, 0.15) is 0 Å². The molecule has 2 N–H and O–H groups in total. The van der Waals surface area contributed by atoms with Gasteiger partial charge in [-0.2, -0.15) is 5.26 Å². The Morgan fingerprint density at radius 2 is 1.78 bits per heavy atom. The van der Waals surface area contributed by atoms with Crippen LogP contribution in [0.1, 0.15) is 67.9 Å². The van der Waals surface area contributed by atoms with Gasteiger partial charge in [-0.1, -0.05) is 51.1 Å². The summed E-state index contributed by atoms with van der Waals surface area (Å²) >= 11 is 0. The molecule has 2 amide bonds. The number of hydrogen-bond donors (Lipinski definition) is 2. The fraction of sp³-hybridized carbons (Fsp3) is 0.516. The molecule has 4 rings (SSSR count). The zero-order valence-electron chi connectivity index (χ0n) is 22.4. The van der Waals surface area contributed by atoms with Gasteiger partial charge in [0.15, 0.2) is 0 Å². The fourth-order valence-electron chi connectivity index (χ4n) is 6.91. The fourth-order valence-corrected chi connectivity index (χ4v) is 6.91. The van der Waals surface area contributed by atoms with E-state index in [-0.39, 0.29) is 46.9 Å². The minimum Gasteiger partial charge on any atom is -0.392 e. The quantitative estimate of drug-likeness (QED) is 0.596. The number of rotatable bonds is 6. The Labute approximate surface area is 220 Å². The first-order valence-corrected chi connectivity index (χ1v) is 13.4. The van der Waals surface area contributed by atoms with Crippen molar-refractivity contribution < 1.29 is 14.7 Å². The zero-order valence-corrected chi connectivity index (χ0v) is 22.4. The van der Waals surface area contributed by atoms with Crippen LogP contribution in [0.3, 0.4) is 0 Å². The van der Waals surface area contributed by atoms with Gasteiger partial charge in [-0.05, 0) is 78.7 Å². The van der Waals surface area contributed by atoms with Gasteiger partial charge in [0.05, 0.1) is 17.7 Å². The van der Waals surface area contributed by atoms with Crippen molar-refractivity contribution in [3.63, 3.8) is 0 Å². The Kier molecular flexibility index (Phi) is 8.04. The van der Waals surface area contributed by atoms with Crippen molar-refractivity contribution in [2.24, 2.45) is 29.1 Å². The van der Waals surface area contributed by atoms with E-state index in [9.17, 15) is 14.7 Å². The molecule has 0 radical (unpaired) electrons. The Bertz CT molecular complexity index is 1140. The van der Waals surface area contributed by atoms with Crippen LogP contribution in [0.4, 0.5) is 0 Å². The summed E-state index contributed by atoms with van der Waals surface area (Å²) in [5.41, 5.74) is 2.13. The van der Waals surface area contributed by atoms with Crippen LogP contribution in [-0.4, -0.2) is 41.0 Å². The first-order valence-electron chi connectivity index (χ1n) is 13.4. The standard InChI is InChI=1S/C31H39N3O3/c1-20(30(37)34(4)19-23-8-6-5-7-9-23)25-14-16-31(3)17-15-26(21(2)27(31)28(25)35)33-29(36)24-12-10-22(18-32)11-13-24/h5-13,20-21,25-28,35H,14-17,19H2,1-4H3,(H,33,36)/t20-,21+,25?,26-,27+,28-,31-/m0/s1. The molecule has 2 fully saturated rings. The van der Waals surface area contributed by atoms with Gasteiger partial charge in [-0.15, -0.1) is 0 Å². The Balaban J connectivity index is 1.44. The lowest BCUT2D eigenvalue weighted by atomic mass is 9.51. The molecular weight excluding hydrogens is 462 g/mol. The van der Waals surface area contributed by atoms with Crippen molar-refractivity contribution in [3.8, 4) is 6.07 Å². The number of benzene rings is 2. The Hall–Kier alpha value is -3.17. The Morgan fingerprint density at radius 1 is 1.14 bits per heavy atom. The molecule has 0 bridgehead atoms. The minimum absolute atomic E-state index is 0.000874. The number of aliphatic hydroxyl groups excluding tert-OH is 1. The van der Waals surface area contributed by atoms with Crippen LogP contribution in [0.25, 0.3) is 0 Å². The second kappa shape index (κ2) is 11.1. The van der Waals surface area contributed by atoms with E-state index >= 15 is 0 Å². The molecule has 37 heavy (non-hydrogen) atoms. The molecule has 2 aromatic rings. The van der Waals surface area contributed by atoms with Crippen LogP contribution in [0.15, 0.2) is 54.6 Å². The molecule has 6 nitrogen and oxygen atoms in total. The Morgan fingerprint density at radius 3 is 2.43 bits per heavy atom. The molecule has 0 aromatic heterocycles. The number of hydrogen-bond acceptors (Lipinski definition) is 4. The van der Waals surface area contributed by atoms with Gasteiger partial charge in [-0.25, -0.2) is 0 Å². The third-order valence-electron chi connectivity index (χ3n) is 9.15. The van der Waals surface area contributed by atoms with Crippen LogP contribution in [0, 0.1) is 40.4 Å². The number of nitrogens with one attached hydrogen (secondary N) is 1. The summed E-state index contributed by atoms with van der Waals surface area (Å²) in [6, 6.07) is 18.6. The van der Waals surface area contributed by atoms with Gasteiger partial charge in [0.2, 0.25) is 5.91 Å². The van der Waals surface area contributed by atoms with Crippen molar-refractivity contribution in [3.05, 3.63) is 71.3 Å². The van der Waals surface area contributed by atoms with E-state index in [1.807, 2.05) is 44.3 Å². The normalized spacial score (nSPS) is 29.9. The van der Waals surface area contributed by atoms with Crippen LogP contribution >= 0.6 is 0 Å². The molecule has 0 saturated heterocycles. The highest BCUT2D eigenvalue weighted by Gasteiger charge is 2.54. The maximum atomic E-state index is 13.4. The predicted octanol–water partition coefficient (Wildman–Crippen LogP) is 4.77. The summed E-state index contributed by atoms with van der Waals surface area (Å²) in [7, 11) is 1.84. The minimum atomic E-state index is -0.604. The van der Waals surface area contributed by atoms with Crippen molar-refractivity contribution in [1.82, 2.24) is 10.2 Å². The predicted molar refractivity (Wildman–Crippen MR) is 143 cm³/mol. The average Bonchev–Trinajstić information content (AvgIpc) is 2.90. The average molecular weight is 502 g/mol. The maximum Gasteiger partial charge on any atom is 0.251 e.